The number of hydrogen-bond donors (Lipinski definition) is 1. The first-order valence-electron chi connectivity index (χ1n) is 7.65. The molecule has 2 fully saturated rings. The largest absolute Gasteiger partial charge is 0.381 e. The van der Waals surface area contributed by atoms with Gasteiger partial charge in [-0.05, 0) is 44.7 Å². The minimum atomic E-state index is 0. The zero-order valence-corrected chi connectivity index (χ0v) is 14.2. The fraction of sp³-hybridized carbons (Fsp3) is 0.857. The zero-order valence-electron chi connectivity index (χ0n) is 12.6. The third kappa shape index (κ3) is 4.34. The molecule has 2 aliphatic rings. The van der Waals surface area contributed by atoms with Gasteiger partial charge < -0.3 is 14.6 Å². The number of aromatic nitrogens is 3. The Kier molecular flexibility index (Phi) is 6.79. The number of nitrogens with one attached hydrogen (secondary N) is 1. The highest BCUT2D eigenvalue weighted by Gasteiger charge is 2.22. The van der Waals surface area contributed by atoms with E-state index in [4.69, 9.17) is 4.74 Å². The molecule has 5 nitrogen and oxygen atoms in total. The lowest BCUT2D eigenvalue weighted by atomic mass is 9.97. The molecule has 1 aromatic heterocycles. The summed E-state index contributed by atoms with van der Waals surface area (Å²) < 4.78 is 7.74. The zero-order chi connectivity index (χ0) is 13.8. The van der Waals surface area contributed by atoms with Crippen molar-refractivity contribution in [1.82, 2.24) is 20.1 Å². The number of hydrogen-bond acceptors (Lipinski definition) is 5. The second kappa shape index (κ2) is 8.36. The number of nitrogens with zero attached hydrogens (tertiary/aromatic N) is 3. The van der Waals surface area contributed by atoms with Crippen LogP contribution in [0.25, 0.3) is 0 Å². The van der Waals surface area contributed by atoms with E-state index in [-0.39, 0.29) is 12.4 Å². The van der Waals surface area contributed by atoms with Crippen molar-refractivity contribution in [3.63, 3.8) is 0 Å². The Morgan fingerprint density at radius 2 is 2.10 bits per heavy atom. The molecule has 3 rings (SSSR count). The summed E-state index contributed by atoms with van der Waals surface area (Å²) in [6, 6.07) is 0. The number of rotatable bonds is 4. The van der Waals surface area contributed by atoms with E-state index in [2.05, 4.69) is 27.1 Å². The molecular formula is C14H25ClN4OS. The fourth-order valence-electron chi connectivity index (χ4n) is 3.02. The van der Waals surface area contributed by atoms with E-state index in [0.717, 1.165) is 43.0 Å². The van der Waals surface area contributed by atoms with Crippen molar-refractivity contribution in [3.05, 3.63) is 5.82 Å². The van der Waals surface area contributed by atoms with Crippen molar-refractivity contribution in [1.29, 1.82) is 0 Å². The number of halogens is 1. The average molecular weight is 333 g/mol. The maximum Gasteiger partial charge on any atom is 0.190 e. The molecule has 1 atom stereocenters. The van der Waals surface area contributed by atoms with Gasteiger partial charge in [-0.3, -0.25) is 0 Å². The van der Waals surface area contributed by atoms with E-state index in [0.29, 0.717) is 11.8 Å². The van der Waals surface area contributed by atoms with Gasteiger partial charge in [0.05, 0.1) is 6.61 Å². The van der Waals surface area contributed by atoms with Gasteiger partial charge in [-0.2, -0.15) is 0 Å². The minimum Gasteiger partial charge on any atom is -0.381 e. The molecule has 0 spiro atoms. The smallest absolute Gasteiger partial charge is 0.190 e. The molecule has 7 heteroatoms. The monoisotopic (exact) mass is 332 g/mol. The molecule has 1 unspecified atom stereocenters. The van der Waals surface area contributed by atoms with Crippen molar-refractivity contribution in [2.45, 2.75) is 36.8 Å². The standard InChI is InChI=1S/C14H24N4OS.ClH/c1-18-13(12-4-6-15-7-5-12)16-17-14(18)20-10-11-3-2-8-19-9-11;/h11-12,15H,2-10H2,1H3;1H. The van der Waals surface area contributed by atoms with Crippen LogP contribution in [0.1, 0.15) is 37.4 Å². The molecule has 2 aliphatic heterocycles. The maximum atomic E-state index is 5.54. The molecule has 3 heterocycles. The van der Waals surface area contributed by atoms with Gasteiger partial charge in [0.15, 0.2) is 5.16 Å². The maximum absolute atomic E-state index is 5.54. The Balaban J connectivity index is 0.00000161. The fourth-order valence-corrected chi connectivity index (χ4v) is 4.05. The highest BCUT2D eigenvalue weighted by Crippen LogP contribution is 2.28. The molecule has 120 valence electrons. The van der Waals surface area contributed by atoms with Crippen LogP contribution in [0.3, 0.4) is 0 Å². The lowest BCUT2D eigenvalue weighted by Gasteiger charge is -2.22. The van der Waals surface area contributed by atoms with E-state index < -0.39 is 0 Å². The highest BCUT2D eigenvalue weighted by atomic mass is 35.5. The molecule has 1 N–H and O–H groups in total. The summed E-state index contributed by atoms with van der Waals surface area (Å²) in [5, 5.41) is 13.3. The molecule has 0 amide bonds. The van der Waals surface area contributed by atoms with Gasteiger partial charge in [0.1, 0.15) is 5.82 Å². The first-order chi connectivity index (χ1) is 9.84. The first-order valence-corrected chi connectivity index (χ1v) is 8.63. The predicted octanol–water partition coefficient (Wildman–Crippen LogP) is 2.22. The number of ether oxygens (including phenoxy) is 1. The van der Waals surface area contributed by atoms with Crippen LogP contribution in [-0.4, -0.2) is 46.8 Å². The SMILES string of the molecule is Cl.Cn1c(SCC2CCCOC2)nnc1C1CCNCC1. The molecular weight excluding hydrogens is 308 g/mol. The molecule has 21 heavy (non-hydrogen) atoms. The Morgan fingerprint density at radius 1 is 1.29 bits per heavy atom. The molecule has 0 aliphatic carbocycles. The van der Waals surface area contributed by atoms with Gasteiger partial charge in [0.2, 0.25) is 0 Å². The molecule has 0 bridgehead atoms. The van der Waals surface area contributed by atoms with Gasteiger partial charge in [-0.25, -0.2) is 0 Å². The summed E-state index contributed by atoms with van der Waals surface area (Å²) in [4.78, 5) is 0. The van der Waals surface area contributed by atoms with E-state index >= 15 is 0 Å². The number of thioether (sulfide) groups is 1. The summed E-state index contributed by atoms with van der Waals surface area (Å²) in [5.41, 5.74) is 0. The van der Waals surface area contributed by atoms with E-state index in [9.17, 15) is 0 Å². The van der Waals surface area contributed by atoms with Crippen molar-refractivity contribution in [2.75, 3.05) is 32.1 Å². The topological polar surface area (TPSA) is 52.0 Å². The Labute approximate surface area is 137 Å². The first kappa shape index (κ1) is 17.1. The van der Waals surface area contributed by atoms with Crippen LogP contribution in [0, 0.1) is 5.92 Å². The summed E-state index contributed by atoms with van der Waals surface area (Å²) in [7, 11) is 2.11. The van der Waals surface area contributed by atoms with Gasteiger partial charge in [0.25, 0.3) is 0 Å². The molecule has 0 aromatic carbocycles. The Hall–Kier alpha value is -0.300. The number of piperidine rings is 1. The Bertz CT molecular complexity index is 431. The summed E-state index contributed by atoms with van der Waals surface area (Å²) in [5.74, 6) is 3.50. The van der Waals surface area contributed by atoms with Gasteiger partial charge in [0, 0.05) is 25.3 Å². The summed E-state index contributed by atoms with van der Waals surface area (Å²) in [6.07, 6.45) is 4.83. The van der Waals surface area contributed by atoms with Gasteiger partial charge in [-0.15, -0.1) is 22.6 Å². The Morgan fingerprint density at radius 3 is 2.81 bits per heavy atom. The normalized spacial score (nSPS) is 23.8. The molecule has 1 aromatic rings. The molecule has 0 saturated carbocycles. The highest BCUT2D eigenvalue weighted by molar-refractivity contribution is 7.99. The van der Waals surface area contributed by atoms with Crippen LogP contribution < -0.4 is 5.32 Å². The lowest BCUT2D eigenvalue weighted by molar-refractivity contribution is 0.0632. The van der Waals surface area contributed by atoms with Crippen LogP contribution in [0.5, 0.6) is 0 Å². The van der Waals surface area contributed by atoms with Crippen molar-refractivity contribution < 1.29 is 4.74 Å². The predicted molar refractivity (Wildman–Crippen MR) is 87.4 cm³/mol. The van der Waals surface area contributed by atoms with Crippen LogP contribution >= 0.6 is 24.2 Å². The second-order valence-corrected chi connectivity index (χ2v) is 6.81. The molecule has 2 saturated heterocycles. The van der Waals surface area contributed by atoms with Gasteiger partial charge in [-0.1, -0.05) is 11.8 Å². The molecule has 0 radical (unpaired) electrons. The summed E-state index contributed by atoms with van der Waals surface area (Å²) >= 11 is 1.83. The third-order valence-corrected chi connectivity index (χ3v) is 5.53. The van der Waals surface area contributed by atoms with Crippen molar-refractivity contribution in [2.24, 2.45) is 13.0 Å². The average Bonchev–Trinajstić information content (AvgIpc) is 2.88. The second-order valence-electron chi connectivity index (χ2n) is 5.82. The van der Waals surface area contributed by atoms with E-state index in [1.165, 1.54) is 25.7 Å². The van der Waals surface area contributed by atoms with Crippen LogP contribution in [0.4, 0.5) is 0 Å². The summed E-state index contributed by atoms with van der Waals surface area (Å²) in [6.45, 7) is 4.04. The van der Waals surface area contributed by atoms with Crippen LogP contribution in [-0.2, 0) is 11.8 Å². The van der Waals surface area contributed by atoms with Crippen LogP contribution in [0.15, 0.2) is 5.16 Å². The van der Waals surface area contributed by atoms with Crippen LogP contribution in [0.2, 0.25) is 0 Å². The lowest BCUT2D eigenvalue weighted by Crippen LogP contribution is -2.27. The van der Waals surface area contributed by atoms with Gasteiger partial charge >= 0.3 is 0 Å². The minimum absolute atomic E-state index is 0. The van der Waals surface area contributed by atoms with Crippen molar-refractivity contribution >= 4 is 24.2 Å². The quantitative estimate of drug-likeness (QED) is 0.857. The van der Waals surface area contributed by atoms with Crippen molar-refractivity contribution in [3.8, 4) is 0 Å². The third-order valence-electron chi connectivity index (χ3n) is 4.28. The van der Waals surface area contributed by atoms with E-state index in [1.807, 2.05) is 11.8 Å². The van der Waals surface area contributed by atoms with E-state index in [1.54, 1.807) is 0 Å².